The van der Waals surface area contributed by atoms with Crippen LogP contribution in [0.2, 0.25) is 0 Å². The zero-order valence-electron chi connectivity index (χ0n) is 13.5. The Bertz CT molecular complexity index is 873. The smallest absolute Gasteiger partial charge is 0.269 e. The Hall–Kier alpha value is -2.53. The van der Waals surface area contributed by atoms with Gasteiger partial charge in [0.1, 0.15) is 6.10 Å². The minimum atomic E-state index is -0.896. The number of benzene rings is 2. The Kier molecular flexibility index (Phi) is 2.97. The predicted molar refractivity (Wildman–Crippen MR) is 88.1 cm³/mol. The van der Waals surface area contributed by atoms with Crippen molar-refractivity contribution in [2.75, 3.05) is 0 Å². The fraction of sp³-hybridized carbons (Fsp3) is 0.316. The van der Waals surface area contributed by atoms with Crippen molar-refractivity contribution in [1.29, 1.82) is 0 Å². The fourth-order valence-corrected chi connectivity index (χ4v) is 3.95. The van der Waals surface area contributed by atoms with Crippen LogP contribution in [0.4, 0.5) is 5.69 Å². The first-order chi connectivity index (χ1) is 11.3. The van der Waals surface area contributed by atoms with Gasteiger partial charge in [-0.1, -0.05) is 50.2 Å². The van der Waals surface area contributed by atoms with E-state index in [1.807, 2.05) is 24.3 Å². The van der Waals surface area contributed by atoms with Gasteiger partial charge in [-0.2, -0.15) is 0 Å². The molecule has 2 aromatic rings. The number of hydrogen-bond acceptors (Lipinski definition) is 4. The lowest BCUT2D eigenvalue weighted by Gasteiger charge is -2.35. The average Bonchev–Trinajstić information content (AvgIpc) is 3.27. The van der Waals surface area contributed by atoms with Crippen LogP contribution in [-0.4, -0.2) is 16.3 Å². The molecule has 0 unspecified atom stereocenters. The second-order valence-corrected chi connectivity index (χ2v) is 7.17. The third kappa shape index (κ3) is 2.01. The number of nitrogens with zero attached hydrogens (tertiary/aromatic N) is 1. The molecule has 0 bridgehead atoms. The lowest BCUT2D eigenvalue weighted by atomic mass is 9.66. The second-order valence-electron chi connectivity index (χ2n) is 7.17. The van der Waals surface area contributed by atoms with Crippen molar-refractivity contribution in [3.05, 3.63) is 75.3 Å². The van der Waals surface area contributed by atoms with E-state index in [0.29, 0.717) is 17.5 Å². The Labute approximate surface area is 139 Å². The topological polar surface area (TPSA) is 72.7 Å². The van der Waals surface area contributed by atoms with Crippen LogP contribution >= 0.6 is 0 Å². The molecule has 0 amide bonds. The zero-order valence-corrected chi connectivity index (χ0v) is 13.5. The number of fused-ring (bicyclic) bond motifs is 1. The number of non-ortho nitro benzene ring substituents is 1. The standard InChI is InChI=1S/C19H17NO4/c1-18(2)11-19(16(21)14-8-3-4-9-15(14)18)17(24-19)12-6-5-7-13(10-12)20(22)23/h3-10,17H,11H2,1-2H3/t17-,19-/m0/s1. The molecule has 0 saturated carbocycles. The summed E-state index contributed by atoms with van der Waals surface area (Å²) in [5, 5.41) is 11.0. The van der Waals surface area contributed by atoms with E-state index >= 15 is 0 Å². The van der Waals surface area contributed by atoms with Crippen LogP contribution in [0.1, 0.15) is 47.9 Å². The lowest BCUT2D eigenvalue weighted by Crippen LogP contribution is -2.40. The van der Waals surface area contributed by atoms with Crippen molar-refractivity contribution in [2.24, 2.45) is 0 Å². The van der Waals surface area contributed by atoms with Crippen LogP contribution in [0.3, 0.4) is 0 Å². The normalized spacial score (nSPS) is 26.9. The molecule has 5 nitrogen and oxygen atoms in total. The van der Waals surface area contributed by atoms with Gasteiger partial charge in [0.05, 0.1) is 4.92 Å². The Morgan fingerprint density at radius 1 is 1.17 bits per heavy atom. The van der Waals surface area contributed by atoms with Gasteiger partial charge >= 0.3 is 0 Å². The van der Waals surface area contributed by atoms with Crippen molar-refractivity contribution in [1.82, 2.24) is 0 Å². The van der Waals surface area contributed by atoms with E-state index in [-0.39, 0.29) is 16.9 Å². The van der Waals surface area contributed by atoms with Gasteiger partial charge in [0.15, 0.2) is 11.4 Å². The summed E-state index contributed by atoms with van der Waals surface area (Å²) in [6, 6.07) is 14.0. The average molecular weight is 323 g/mol. The summed E-state index contributed by atoms with van der Waals surface area (Å²) in [6.07, 6.45) is 0.154. The van der Waals surface area contributed by atoms with Gasteiger partial charge in [0.25, 0.3) is 5.69 Å². The van der Waals surface area contributed by atoms with E-state index in [2.05, 4.69) is 13.8 Å². The molecule has 1 heterocycles. The molecule has 2 atom stereocenters. The van der Waals surface area contributed by atoms with Crippen molar-refractivity contribution >= 4 is 11.5 Å². The van der Waals surface area contributed by atoms with Gasteiger partial charge in [-0.3, -0.25) is 14.9 Å². The van der Waals surface area contributed by atoms with Gasteiger partial charge < -0.3 is 4.74 Å². The monoisotopic (exact) mass is 323 g/mol. The molecule has 1 aliphatic carbocycles. The maximum atomic E-state index is 13.0. The summed E-state index contributed by atoms with van der Waals surface area (Å²) in [5.74, 6) is -0.0195. The summed E-state index contributed by atoms with van der Waals surface area (Å²) < 4.78 is 5.90. The van der Waals surface area contributed by atoms with E-state index in [1.54, 1.807) is 12.1 Å². The molecule has 1 fully saturated rings. The molecule has 0 aromatic heterocycles. The van der Waals surface area contributed by atoms with Crippen LogP contribution in [0.25, 0.3) is 0 Å². The third-order valence-corrected chi connectivity index (χ3v) is 5.07. The molecule has 0 N–H and O–H groups in total. The van der Waals surface area contributed by atoms with E-state index in [4.69, 9.17) is 4.74 Å². The molecule has 24 heavy (non-hydrogen) atoms. The second kappa shape index (κ2) is 4.74. The lowest BCUT2D eigenvalue weighted by molar-refractivity contribution is -0.384. The highest BCUT2D eigenvalue weighted by Gasteiger charge is 2.67. The summed E-state index contributed by atoms with van der Waals surface area (Å²) in [7, 11) is 0. The minimum absolute atomic E-state index is 0.0149. The first-order valence-corrected chi connectivity index (χ1v) is 7.92. The number of epoxide rings is 1. The SMILES string of the molecule is CC1(C)C[C@]2(O[C@H]2c2cccc([N+](=O)[O-])c2)C(=O)c2ccccc21. The van der Waals surface area contributed by atoms with E-state index in [1.165, 1.54) is 12.1 Å². The van der Waals surface area contributed by atoms with Crippen molar-refractivity contribution in [3.8, 4) is 0 Å². The summed E-state index contributed by atoms with van der Waals surface area (Å²) in [5.41, 5.74) is 1.34. The van der Waals surface area contributed by atoms with Gasteiger partial charge in [-0.05, 0) is 23.0 Å². The maximum absolute atomic E-state index is 13.0. The van der Waals surface area contributed by atoms with Gasteiger partial charge in [0, 0.05) is 17.7 Å². The number of carbonyl (C=O) groups excluding carboxylic acids is 1. The molecule has 5 heteroatoms. The van der Waals surface area contributed by atoms with Crippen LogP contribution in [0.15, 0.2) is 48.5 Å². The number of ketones is 1. The van der Waals surface area contributed by atoms with Crippen molar-refractivity contribution in [2.45, 2.75) is 37.4 Å². The highest BCUT2D eigenvalue weighted by molar-refractivity contribution is 6.07. The Morgan fingerprint density at radius 3 is 2.67 bits per heavy atom. The van der Waals surface area contributed by atoms with Crippen LogP contribution in [0, 0.1) is 10.1 Å². The van der Waals surface area contributed by atoms with Crippen molar-refractivity contribution in [3.63, 3.8) is 0 Å². The number of Topliss-reactive ketones (excluding diaryl/α,β-unsaturated/α-hetero) is 1. The molecule has 1 aliphatic heterocycles. The van der Waals surface area contributed by atoms with Crippen molar-refractivity contribution < 1.29 is 14.5 Å². The highest BCUT2D eigenvalue weighted by Crippen LogP contribution is 2.60. The summed E-state index contributed by atoms with van der Waals surface area (Å²) >= 11 is 0. The van der Waals surface area contributed by atoms with E-state index in [0.717, 1.165) is 5.56 Å². The summed E-state index contributed by atoms with van der Waals surface area (Å²) in [6.45, 7) is 4.21. The molecular formula is C19H17NO4. The molecule has 1 spiro atoms. The first-order valence-electron chi connectivity index (χ1n) is 7.92. The maximum Gasteiger partial charge on any atom is 0.269 e. The number of rotatable bonds is 2. The van der Waals surface area contributed by atoms with Gasteiger partial charge in [-0.15, -0.1) is 0 Å². The van der Waals surface area contributed by atoms with E-state index < -0.39 is 16.6 Å². The predicted octanol–water partition coefficient (Wildman–Crippen LogP) is 3.97. The first kappa shape index (κ1) is 15.0. The van der Waals surface area contributed by atoms with Crippen LogP contribution in [-0.2, 0) is 10.2 Å². The number of nitro groups is 1. The molecule has 2 aromatic carbocycles. The van der Waals surface area contributed by atoms with Gasteiger partial charge in [-0.25, -0.2) is 0 Å². The Balaban J connectivity index is 1.75. The number of carbonyl (C=O) groups is 1. The largest absolute Gasteiger partial charge is 0.352 e. The Morgan fingerprint density at radius 2 is 1.92 bits per heavy atom. The molecule has 4 rings (SSSR count). The van der Waals surface area contributed by atoms with Crippen LogP contribution in [0.5, 0.6) is 0 Å². The number of ether oxygens (including phenoxy) is 1. The number of nitro benzene ring substituents is 1. The minimum Gasteiger partial charge on any atom is -0.352 e. The van der Waals surface area contributed by atoms with E-state index in [9.17, 15) is 14.9 Å². The third-order valence-electron chi connectivity index (χ3n) is 5.07. The molecule has 1 saturated heterocycles. The molecule has 2 aliphatic rings. The zero-order chi connectivity index (χ0) is 17.1. The van der Waals surface area contributed by atoms with Gasteiger partial charge in [0.2, 0.25) is 0 Å². The molecule has 122 valence electrons. The highest BCUT2D eigenvalue weighted by atomic mass is 16.6. The fourth-order valence-electron chi connectivity index (χ4n) is 3.95. The molecule has 0 radical (unpaired) electrons. The quantitative estimate of drug-likeness (QED) is 0.476. The van der Waals surface area contributed by atoms with Crippen LogP contribution < -0.4 is 0 Å². The molecular weight excluding hydrogens is 306 g/mol. The summed E-state index contributed by atoms with van der Waals surface area (Å²) in [4.78, 5) is 23.6. The number of hydrogen-bond donors (Lipinski definition) is 0.